The number of nitrogens with zero attached hydrogens (tertiary/aromatic N) is 1. The fraction of sp³-hybridized carbons (Fsp3) is 0.462. The summed E-state index contributed by atoms with van der Waals surface area (Å²) in [6, 6.07) is 10.4. The molecule has 2 aliphatic rings. The van der Waals surface area contributed by atoms with Crippen LogP contribution in [-0.4, -0.2) is 57.3 Å². The molecule has 4 rings (SSSR count). The minimum absolute atomic E-state index is 0.177. The Morgan fingerprint density at radius 1 is 1.14 bits per heavy atom. The van der Waals surface area contributed by atoms with Crippen LogP contribution >= 0.6 is 11.6 Å². The number of ether oxygens (including phenoxy) is 2. The number of hydrogen-bond donors (Lipinski definition) is 1. The lowest BCUT2D eigenvalue weighted by atomic mass is 9.77. The highest BCUT2D eigenvalue weighted by molar-refractivity contribution is 7.88. The molecular weight excluding hydrogens is 504 g/mol. The van der Waals surface area contributed by atoms with Crippen LogP contribution in [0.15, 0.2) is 42.5 Å². The fourth-order valence-electron chi connectivity index (χ4n) is 5.46. The predicted octanol–water partition coefficient (Wildman–Crippen LogP) is 4.05. The van der Waals surface area contributed by atoms with Gasteiger partial charge in [0, 0.05) is 22.7 Å². The molecule has 194 valence electrons. The lowest BCUT2D eigenvalue weighted by Gasteiger charge is -2.49. The summed E-state index contributed by atoms with van der Waals surface area (Å²) in [4.78, 5) is 29.3. The van der Waals surface area contributed by atoms with Crippen molar-refractivity contribution in [3.63, 3.8) is 0 Å². The van der Waals surface area contributed by atoms with Gasteiger partial charge in [-0.05, 0) is 49.1 Å². The molecule has 0 saturated heterocycles. The number of esters is 1. The van der Waals surface area contributed by atoms with Crippen molar-refractivity contribution in [3.05, 3.63) is 64.2 Å². The number of halogens is 1. The summed E-state index contributed by atoms with van der Waals surface area (Å²) >= 11 is 6.73. The molecule has 10 heteroatoms. The van der Waals surface area contributed by atoms with E-state index in [-0.39, 0.29) is 12.5 Å². The van der Waals surface area contributed by atoms with E-state index >= 15 is 0 Å². The predicted molar refractivity (Wildman–Crippen MR) is 137 cm³/mol. The number of rotatable bonds is 7. The first-order chi connectivity index (χ1) is 17.2. The average Bonchev–Trinajstić information content (AvgIpc) is 2.84. The highest BCUT2D eigenvalue weighted by Gasteiger charge is 2.50. The smallest absolute Gasteiger partial charge is 0.315 e. The van der Waals surface area contributed by atoms with Crippen LogP contribution < -0.4 is 9.46 Å². The van der Waals surface area contributed by atoms with Gasteiger partial charge in [0.1, 0.15) is 11.7 Å². The summed E-state index contributed by atoms with van der Waals surface area (Å²) in [5.41, 5.74) is 1.54. The summed E-state index contributed by atoms with van der Waals surface area (Å²) in [5, 5.41) is 0.342. The SMILES string of the molecule is CCOC(=O)C1c2ccccc2C(=O)N(C2CCCCC2NS(C)(=O)=O)C1c1ccc(OC)cc1Cl. The summed E-state index contributed by atoms with van der Waals surface area (Å²) in [6.07, 6.45) is 3.94. The maximum Gasteiger partial charge on any atom is 0.315 e. The van der Waals surface area contributed by atoms with Gasteiger partial charge in [0.2, 0.25) is 10.0 Å². The standard InChI is InChI=1S/C26H31ClN2O6S/c1-4-35-26(31)23-17-9-5-6-10-18(17)25(30)29(22-12-8-7-11-21(22)28-36(3,32)33)24(23)19-14-13-16(34-2)15-20(19)27/h5-6,9-10,13-15,21-24,28H,4,7-8,11-12H2,1-3H3. The van der Waals surface area contributed by atoms with E-state index < -0.39 is 40.0 Å². The van der Waals surface area contributed by atoms with Crippen molar-refractivity contribution in [2.45, 2.75) is 56.7 Å². The van der Waals surface area contributed by atoms with E-state index in [1.165, 1.54) is 7.11 Å². The number of methoxy groups -OCH3 is 1. The maximum absolute atomic E-state index is 14.1. The van der Waals surface area contributed by atoms with Gasteiger partial charge >= 0.3 is 5.97 Å². The second kappa shape index (κ2) is 10.8. The van der Waals surface area contributed by atoms with Crippen molar-refractivity contribution in [2.75, 3.05) is 20.0 Å². The van der Waals surface area contributed by atoms with Crippen molar-refractivity contribution in [1.82, 2.24) is 9.62 Å². The van der Waals surface area contributed by atoms with Gasteiger partial charge in [0.15, 0.2) is 0 Å². The molecule has 0 spiro atoms. The molecule has 4 unspecified atom stereocenters. The van der Waals surface area contributed by atoms with Gasteiger partial charge in [-0.1, -0.05) is 48.7 Å². The Bertz CT molecular complexity index is 1250. The molecule has 1 aliphatic heterocycles. The van der Waals surface area contributed by atoms with E-state index in [4.69, 9.17) is 21.1 Å². The molecule has 1 fully saturated rings. The van der Waals surface area contributed by atoms with Crippen LogP contribution in [0, 0.1) is 0 Å². The molecule has 1 amide bonds. The Kier molecular flexibility index (Phi) is 7.92. The highest BCUT2D eigenvalue weighted by atomic mass is 35.5. The van der Waals surface area contributed by atoms with Crippen molar-refractivity contribution < 1.29 is 27.5 Å². The third kappa shape index (κ3) is 5.23. The van der Waals surface area contributed by atoms with E-state index in [1.807, 2.05) is 0 Å². The van der Waals surface area contributed by atoms with E-state index in [1.54, 1.807) is 54.3 Å². The third-order valence-electron chi connectivity index (χ3n) is 6.90. The normalized spacial score (nSPS) is 24.2. The van der Waals surface area contributed by atoms with E-state index in [0.717, 1.165) is 19.1 Å². The van der Waals surface area contributed by atoms with Gasteiger partial charge in [-0.2, -0.15) is 0 Å². The topological polar surface area (TPSA) is 102 Å². The Morgan fingerprint density at radius 3 is 2.53 bits per heavy atom. The molecule has 2 aromatic rings. The molecule has 1 saturated carbocycles. The Balaban J connectivity index is 1.94. The van der Waals surface area contributed by atoms with Gasteiger partial charge in [-0.3, -0.25) is 9.59 Å². The van der Waals surface area contributed by atoms with Crippen molar-refractivity contribution in [1.29, 1.82) is 0 Å². The second-order valence-corrected chi connectivity index (χ2v) is 11.4. The number of amides is 1. The first-order valence-electron chi connectivity index (χ1n) is 12.0. The van der Waals surface area contributed by atoms with Crippen LogP contribution in [0.2, 0.25) is 5.02 Å². The first kappa shape index (κ1) is 26.4. The molecule has 1 heterocycles. The first-order valence-corrected chi connectivity index (χ1v) is 14.3. The molecule has 36 heavy (non-hydrogen) atoms. The van der Waals surface area contributed by atoms with Crippen LogP contribution in [0.5, 0.6) is 5.75 Å². The molecule has 8 nitrogen and oxygen atoms in total. The minimum Gasteiger partial charge on any atom is -0.497 e. The quantitative estimate of drug-likeness (QED) is 0.538. The summed E-state index contributed by atoms with van der Waals surface area (Å²) in [6.45, 7) is 1.91. The number of sulfonamides is 1. The lowest BCUT2D eigenvalue weighted by molar-refractivity contribution is -0.147. The number of carbonyl (C=O) groups is 2. The number of hydrogen-bond acceptors (Lipinski definition) is 6. The Labute approximate surface area is 217 Å². The van der Waals surface area contributed by atoms with Gasteiger partial charge in [0.25, 0.3) is 5.91 Å². The monoisotopic (exact) mass is 534 g/mol. The lowest BCUT2D eigenvalue weighted by Crippen LogP contribution is -2.58. The van der Waals surface area contributed by atoms with Gasteiger partial charge < -0.3 is 14.4 Å². The Hall–Kier alpha value is -2.62. The van der Waals surface area contributed by atoms with Gasteiger partial charge in [-0.15, -0.1) is 0 Å². The molecule has 1 aliphatic carbocycles. The van der Waals surface area contributed by atoms with Crippen LogP contribution in [0.1, 0.15) is 66.1 Å². The number of fused-ring (bicyclic) bond motifs is 1. The summed E-state index contributed by atoms with van der Waals surface area (Å²) < 4.78 is 38.0. The second-order valence-electron chi connectivity index (χ2n) is 9.21. The largest absolute Gasteiger partial charge is 0.497 e. The van der Waals surface area contributed by atoms with Crippen LogP contribution in [0.3, 0.4) is 0 Å². The molecule has 4 atom stereocenters. The number of nitrogens with one attached hydrogen (secondary N) is 1. The zero-order valence-electron chi connectivity index (χ0n) is 20.6. The van der Waals surface area contributed by atoms with Crippen LogP contribution in [0.4, 0.5) is 0 Å². The highest BCUT2D eigenvalue weighted by Crippen LogP contribution is 2.48. The molecule has 1 N–H and O–H groups in total. The molecule has 2 aromatic carbocycles. The Morgan fingerprint density at radius 2 is 1.86 bits per heavy atom. The van der Waals surface area contributed by atoms with Crippen molar-refractivity contribution in [3.8, 4) is 5.75 Å². The van der Waals surface area contributed by atoms with Gasteiger partial charge in [-0.25, -0.2) is 13.1 Å². The molecule has 0 aromatic heterocycles. The van der Waals surface area contributed by atoms with E-state index in [2.05, 4.69) is 4.72 Å². The van der Waals surface area contributed by atoms with Crippen LogP contribution in [0.25, 0.3) is 0 Å². The number of carbonyl (C=O) groups excluding carboxylic acids is 2. The minimum atomic E-state index is -3.53. The van der Waals surface area contributed by atoms with E-state index in [0.29, 0.717) is 40.3 Å². The zero-order valence-corrected chi connectivity index (χ0v) is 22.1. The van der Waals surface area contributed by atoms with Crippen molar-refractivity contribution >= 4 is 33.5 Å². The average molecular weight is 535 g/mol. The molecular formula is C26H31ClN2O6S. The van der Waals surface area contributed by atoms with Crippen molar-refractivity contribution in [2.24, 2.45) is 0 Å². The fourth-order valence-corrected chi connectivity index (χ4v) is 6.57. The number of benzene rings is 2. The van der Waals surface area contributed by atoms with Crippen LogP contribution in [-0.2, 0) is 19.6 Å². The zero-order chi connectivity index (χ0) is 26.0. The summed E-state index contributed by atoms with van der Waals surface area (Å²) in [5.74, 6) is -1.04. The van der Waals surface area contributed by atoms with Gasteiger partial charge in [0.05, 0.1) is 26.0 Å². The van der Waals surface area contributed by atoms with E-state index in [9.17, 15) is 18.0 Å². The molecule has 0 radical (unpaired) electrons. The summed E-state index contributed by atoms with van der Waals surface area (Å²) in [7, 11) is -2.00. The molecule has 0 bridgehead atoms. The third-order valence-corrected chi connectivity index (χ3v) is 7.95. The maximum atomic E-state index is 14.1.